The van der Waals surface area contributed by atoms with Crippen molar-refractivity contribution in [2.24, 2.45) is 0 Å². The minimum absolute atomic E-state index is 0.414. The van der Waals surface area contributed by atoms with Crippen molar-refractivity contribution in [3.8, 4) is 5.75 Å². The lowest BCUT2D eigenvalue weighted by Gasteiger charge is -2.17. The number of rotatable bonds is 3. The molecule has 0 aliphatic carbocycles. The molecular weight excluding hydrogens is 216 g/mol. The van der Waals surface area contributed by atoms with Crippen LogP contribution in [0.1, 0.15) is 0 Å². The second-order valence-electron chi connectivity index (χ2n) is 3.57. The highest BCUT2D eigenvalue weighted by Crippen LogP contribution is 2.23. The van der Waals surface area contributed by atoms with E-state index in [0.717, 1.165) is 17.3 Å². The molecule has 2 rings (SSSR count). The number of hydrogen-bond donors (Lipinski definition) is 1. The number of methoxy groups -OCH3 is 1. The molecule has 0 saturated heterocycles. The Balaban J connectivity index is 2.23. The Kier molecular flexibility index (Phi) is 3.09. The van der Waals surface area contributed by atoms with Crippen molar-refractivity contribution in [2.45, 2.75) is 0 Å². The van der Waals surface area contributed by atoms with Crippen LogP contribution in [0.15, 0.2) is 36.4 Å². The van der Waals surface area contributed by atoms with Gasteiger partial charge in [0.25, 0.3) is 0 Å². The zero-order chi connectivity index (χ0) is 12.3. The summed E-state index contributed by atoms with van der Waals surface area (Å²) in [4.78, 5) is 1.92. The molecule has 0 saturated carbocycles. The Bertz CT molecular complexity index is 481. The van der Waals surface area contributed by atoms with E-state index in [1.165, 1.54) is 0 Å². The van der Waals surface area contributed by atoms with E-state index in [9.17, 15) is 0 Å². The molecule has 0 atom stereocenters. The molecule has 0 spiro atoms. The van der Waals surface area contributed by atoms with E-state index in [0.29, 0.717) is 5.82 Å². The standard InChI is InChI=1S/C12H14N4O/c1-16(12-8-7-11(13)14-15-12)9-3-5-10(17-2)6-4-9/h3-8H,1-2H3,(H2,13,14). The third kappa shape index (κ3) is 2.44. The van der Waals surface area contributed by atoms with Crippen LogP contribution in [-0.2, 0) is 0 Å². The summed E-state index contributed by atoms with van der Waals surface area (Å²) >= 11 is 0. The monoisotopic (exact) mass is 230 g/mol. The molecule has 88 valence electrons. The third-order valence-corrected chi connectivity index (χ3v) is 2.47. The highest BCUT2D eigenvalue weighted by Gasteiger charge is 2.05. The lowest BCUT2D eigenvalue weighted by Crippen LogP contribution is -2.12. The van der Waals surface area contributed by atoms with Crippen LogP contribution in [0.2, 0.25) is 0 Å². The van der Waals surface area contributed by atoms with Crippen LogP contribution in [0.4, 0.5) is 17.3 Å². The summed E-state index contributed by atoms with van der Waals surface area (Å²) in [6.45, 7) is 0. The summed E-state index contributed by atoms with van der Waals surface area (Å²) in [6.07, 6.45) is 0. The van der Waals surface area contributed by atoms with Crippen LogP contribution in [0.25, 0.3) is 0 Å². The van der Waals surface area contributed by atoms with Crippen molar-refractivity contribution in [2.75, 3.05) is 24.8 Å². The third-order valence-electron chi connectivity index (χ3n) is 2.47. The zero-order valence-electron chi connectivity index (χ0n) is 9.79. The molecule has 0 aliphatic rings. The van der Waals surface area contributed by atoms with Gasteiger partial charge < -0.3 is 15.4 Å². The van der Waals surface area contributed by atoms with Gasteiger partial charge in [0.1, 0.15) is 11.6 Å². The van der Waals surface area contributed by atoms with Gasteiger partial charge in [0, 0.05) is 12.7 Å². The lowest BCUT2D eigenvalue weighted by molar-refractivity contribution is 0.415. The number of aromatic nitrogens is 2. The van der Waals surface area contributed by atoms with E-state index in [-0.39, 0.29) is 0 Å². The second kappa shape index (κ2) is 4.69. The molecule has 0 fully saturated rings. The number of nitrogens with two attached hydrogens (primary N) is 1. The number of benzene rings is 1. The molecular formula is C12H14N4O. The summed E-state index contributed by atoms with van der Waals surface area (Å²) in [7, 11) is 3.56. The quantitative estimate of drug-likeness (QED) is 0.871. The molecule has 1 heterocycles. The number of nitrogens with zero attached hydrogens (tertiary/aromatic N) is 3. The molecule has 5 nitrogen and oxygen atoms in total. The van der Waals surface area contributed by atoms with E-state index in [4.69, 9.17) is 10.5 Å². The Morgan fingerprint density at radius 2 is 1.76 bits per heavy atom. The van der Waals surface area contributed by atoms with Crippen LogP contribution in [-0.4, -0.2) is 24.4 Å². The average molecular weight is 230 g/mol. The SMILES string of the molecule is COc1ccc(N(C)c2ccc(N)nn2)cc1. The molecule has 2 N–H and O–H groups in total. The smallest absolute Gasteiger partial charge is 0.155 e. The molecule has 17 heavy (non-hydrogen) atoms. The first-order valence-corrected chi connectivity index (χ1v) is 5.17. The summed E-state index contributed by atoms with van der Waals surface area (Å²) < 4.78 is 5.11. The normalized spacial score (nSPS) is 10.0. The fourth-order valence-corrected chi connectivity index (χ4v) is 1.45. The Morgan fingerprint density at radius 3 is 2.29 bits per heavy atom. The first-order chi connectivity index (χ1) is 8.20. The molecule has 0 radical (unpaired) electrons. The molecule has 0 unspecified atom stereocenters. The maximum atomic E-state index is 5.49. The molecule has 0 aliphatic heterocycles. The van der Waals surface area contributed by atoms with Gasteiger partial charge in [0.15, 0.2) is 5.82 Å². The molecule has 2 aromatic rings. The lowest BCUT2D eigenvalue weighted by atomic mass is 10.3. The van der Waals surface area contributed by atoms with Crippen LogP contribution in [0.5, 0.6) is 5.75 Å². The summed E-state index contributed by atoms with van der Waals surface area (Å²) in [5, 5.41) is 7.84. The van der Waals surface area contributed by atoms with Crippen molar-refractivity contribution in [3.05, 3.63) is 36.4 Å². The van der Waals surface area contributed by atoms with Gasteiger partial charge in [-0.3, -0.25) is 0 Å². The van der Waals surface area contributed by atoms with Crippen molar-refractivity contribution < 1.29 is 4.74 Å². The van der Waals surface area contributed by atoms with E-state index in [1.54, 1.807) is 13.2 Å². The molecule has 0 bridgehead atoms. The fourth-order valence-electron chi connectivity index (χ4n) is 1.45. The number of anilines is 3. The van der Waals surface area contributed by atoms with Crippen molar-refractivity contribution in [3.63, 3.8) is 0 Å². The highest BCUT2D eigenvalue weighted by molar-refractivity contribution is 5.60. The van der Waals surface area contributed by atoms with Crippen molar-refractivity contribution in [1.29, 1.82) is 0 Å². The van der Waals surface area contributed by atoms with Crippen LogP contribution in [0.3, 0.4) is 0 Å². The topological polar surface area (TPSA) is 64.3 Å². The van der Waals surface area contributed by atoms with Gasteiger partial charge in [-0.25, -0.2) is 0 Å². The molecule has 5 heteroatoms. The highest BCUT2D eigenvalue weighted by atomic mass is 16.5. The maximum absolute atomic E-state index is 5.49. The van der Waals surface area contributed by atoms with Gasteiger partial charge in [-0.05, 0) is 36.4 Å². The number of hydrogen-bond acceptors (Lipinski definition) is 5. The summed E-state index contributed by atoms with van der Waals surface area (Å²) in [5.74, 6) is 1.98. The van der Waals surface area contributed by atoms with Gasteiger partial charge in [-0.2, -0.15) is 0 Å². The second-order valence-corrected chi connectivity index (χ2v) is 3.57. The predicted octanol–water partition coefficient (Wildman–Crippen LogP) is 1.84. The van der Waals surface area contributed by atoms with Gasteiger partial charge in [-0.1, -0.05) is 0 Å². The average Bonchev–Trinajstić information content (AvgIpc) is 2.39. The van der Waals surface area contributed by atoms with E-state index < -0.39 is 0 Å². The van der Waals surface area contributed by atoms with Crippen LogP contribution in [0, 0.1) is 0 Å². The van der Waals surface area contributed by atoms with Crippen LogP contribution >= 0.6 is 0 Å². The Morgan fingerprint density at radius 1 is 1.06 bits per heavy atom. The van der Waals surface area contributed by atoms with E-state index >= 15 is 0 Å². The van der Waals surface area contributed by atoms with Crippen molar-refractivity contribution >= 4 is 17.3 Å². The van der Waals surface area contributed by atoms with Gasteiger partial charge >= 0.3 is 0 Å². The van der Waals surface area contributed by atoms with Crippen molar-refractivity contribution in [1.82, 2.24) is 10.2 Å². The van der Waals surface area contributed by atoms with Gasteiger partial charge in [0.2, 0.25) is 0 Å². The van der Waals surface area contributed by atoms with Gasteiger partial charge in [-0.15, -0.1) is 10.2 Å². The summed E-state index contributed by atoms with van der Waals surface area (Å²) in [6, 6.07) is 11.3. The molecule has 1 aromatic carbocycles. The maximum Gasteiger partial charge on any atom is 0.155 e. The zero-order valence-corrected chi connectivity index (χ0v) is 9.79. The molecule has 1 aromatic heterocycles. The first kappa shape index (κ1) is 11.2. The van der Waals surface area contributed by atoms with E-state index in [2.05, 4.69) is 10.2 Å². The summed E-state index contributed by atoms with van der Waals surface area (Å²) in [5.41, 5.74) is 6.50. The number of ether oxygens (including phenoxy) is 1. The number of nitrogen functional groups attached to an aromatic ring is 1. The minimum Gasteiger partial charge on any atom is -0.497 e. The van der Waals surface area contributed by atoms with Crippen LogP contribution < -0.4 is 15.4 Å². The fraction of sp³-hybridized carbons (Fsp3) is 0.167. The Hall–Kier alpha value is -2.30. The first-order valence-electron chi connectivity index (χ1n) is 5.17. The largest absolute Gasteiger partial charge is 0.497 e. The Labute approximate surface area is 99.8 Å². The van der Waals surface area contributed by atoms with E-state index in [1.807, 2.05) is 42.3 Å². The molecule has 0 amide bonds. The van der Waals surface area contributed by atoms with Gasteiger partial charge in [0.05, 0.1) is 7.11 Å². The predicted molar refractivity (Wildman–Crippen MR) is 67.5 cm³/mol. The minimum atomic E-state index is 0.414.